The van der Waals surface area contributed by atoms with Crippen molar-refractivity contribution >= 4 is 34.7 Å². The number of nitrogens with one attached hydrogen (secondary N) is 1. The van der Waals surface area contributed by atoms with Crippen LogP contribution in [0.25, 0.3) is 0 Å². The van der Waals surface area contributed by atoms with Crippen LogP contribution in [0.15, 0.2) is 12.1 Å². The molecule has 1 heterocycles. The molecule has 1 aliphatic carbocycles. The summed E-state index contributed by atoms with van der Waals surface area (Å²) in [5, 5.41) is 13.2. The van der Waals surface area contributed by atoms with E-state index in [4.69, 9.17) is 5.73 Å². The van der Waals surface area contributed by atoms with E-state index in [0.29, 0.717) is 11.4 Å². The van der Waals surface area contributed by atoms with E-state index in [1.807, 2.05) is 0 Å². The van der Waals surface area contributed by atoms with Gasteiger partial charge in [-0.2, -0.15) is 0 Å². The Bertz CT molecular complexity index is 459. The number of carbonyl (C=O) groups is 1. The van der Waals surface area contributed by atoms with Gasteiger partial charge in [-0.1, -0.05) is 11.3 Å². The first-order valence-corrected chi connectivity index (χ1v) is 6.13. The second kappa shape index (κ2) is 5.64. The Morgan fingerprint density at radius 3 is 2.67 bits per heavy atom. The summed E-state index contributed by atoms with van der Waals surface area (Å²) >= 11 is 0.873. The molecule has 6 nitrogen and oxygen atoms in total. The highest BCUT2D eigenvalue weighted by Crippen LogP contribution is 2.28. The molecule has 3 N–H and O–H groups in total. The van der Waals surface area contributed by atoms with E-state index in [1.165, 1.54) is 12.1 Å². The second-order valence-electron chi connectivity index (χ2n) is 4.29. The molecule has 0 atom stereocenters. The summed E-state index contributed by atoms with van der Waals surface area (Å²) in [5.74, 6) is -0.292. The molecule has 0 aromatic carbocycles. The lowest BCUT2D eigenvalue weighted by Crippen LogP contribution is -2.54. The second-order valence-corrected chi connectivity index (χ2v) is 5.36. The number of amides is 1. The number of hydrogen-bond donors (Lipinski definition) is 2. The van der Waals surface area contributed by atoms with Crippen molar-refractivity contribution in [3.63, 3.8) is 0 Å². The Hall–Kier alpha value is -1.18. The van der Waals surface area contributed by atoms with Gasteiger partial charge in [0.2, 0.25) is 0 Å². The number of rotatable bonds is 4. The van der Waals surface area contributed by atoms with E-state index < -0.39 is 4.92 Å². The van der Waals surface area contributed by atoms with Crippen LogP contribution in [0, 0.1) is 10.1 Å². The van der Waals surface area contributed by atoms with E-state index in [2.05, 4.69) is 5.32 Å². The van der Waals surface area contributed by atoms with Gasteiger partial charge in [0.15, 0.2) is 0 Å². The van der Waals surface area contributed by atoms with E-state index in [0.717, 1.165) is 30.6 Å². The van der Waals surface area contributed by atoms with Crippen LogP contribution in [-0.2, 0) is 0 Å². The quantitative estimate of drug-likeness (QED) is 0.651. The molecule has 1 aromatic rings. The maximum Gasteiger partial charge on any atom is 0.324 e. The van der Waals surface area contributed by atoms with Crippen molar-refractivity contribution in [2.75, 3.05) is 6.54 Å². The largest absolute Gasteiger partial charge is 0.349 e. The third kappa shape index (κ3) is 3.18. The number of nitrogens with zero attached hydrogens (tertiary/aromatic N) is 1. The Balaban J connectivity index is 0.00000162. The fourth-order valence-corrected chi connectivity index (χ4v) is 2.44. The van der Waals surface area contributed by atoms with Crippen LogP contribution in [0.3, 0.4) is 0 Å². The molecule has 2 rings (SSSR count). The van der Waals surface area contributed by atoms with Crippen molar-refractivity contribution in [2.45, 2.75) is 24.8 Å². The minimum atomic E-state index is -0.502. The molecule has 8 heteroatoms. The minimum Gasteiger partial charge on any atom is -0.349 e. The molecule has 0 bridgehead atoms. The van der Waals surface area contributed by atoms with Crippen LogP contribution in [0.1, 0.15) is 28.9 Å². The fourth-order valence-electron chi connectivity index (χ4n) is 1.70. The van der Waals surface area contributed by atoms with Crippen molar-refractivity contribution in [1.82, 2.24) is 5.32 Å². The first kappa shape index (κ1) is 14.9. The van der Waals surface area contributed by atoms with Gasteiger partial charge in [0.1, 0.15) is 0 Å². The van der Waals surface area contributed by atoms with Crippen LogP contribution >= 0.6 is 23.7 Å². The molecule has 1 fully saturated rings. The lowest BCUT2D eigenvalue weighted by Gasteiger charge is -2.38. The van der Waals surface area contributed by atoms with Gasteiger partial charge in [-0.3, -0.25) is 14.9 Å². The van der Waals surface area contributed by atoms with Gasteiger partial charge in [0.05, 0.1) is 9.80 Å². The van der Waals surface area contributed by atoms with Crippen molar-refractivity contribution in [3.05, 3.63) is 27.1 Å². The van der Waals surface area contributed by atoms with E-state index in [1.54, 1.807) is 0 Å². The number of thiophene rings is 1. The molecular formula is C10H14ClN3O3S. The number of nitro groups is 1. The van der Waals surface area contributed by atoms with Gasteiger partial charge in [-0.05, 0) is 25.3 Å². The molecular weight excluding hydrogens is 278 g/mol. The summed E-state index contributed by atoms with van der Waals surface area (Å²) in [4.78, 5) is 22.0. The number of carbonyl (C=O) groups excluding carboxylic acids is 1. The van der Waals surface area contributed by atoms with E-state index >= 15 is 0 Å². The van der Waals surface area contributed by atoms with Gasteiger partial charge in [0, 0.05) is 18.2 Å². The topological polar surface area (TPSA) is 98.3 Å². The predicted molar refractivity (Wildman–Crippen MR) is 71.3 cm³/mol. The smallest absolute Gasteiger partial charge is 0.324 e. The standard InChI is InChI=1S/C10H13N3O3S.ClH/c11-10(4-1-5-10)6-12-9(14)7-2-3-8(17-7)13(15)16;/h2-3H,1,4-6,11H2,(H,12,14);1H. The van der Waals surface area contributed by atoms with Crippen LogP contribution in [0.5, 0.6) is 0 Å². The summed E-state index contributed by atoms with van der Waals surface area (Å²) in [6.45, 7) is 0.428. The highest BCUT2D eigenvalue weighted by atomic mass is 35.5. The summed E-state index contributed by atoms with van der Waals surface area (Å²) in [6, 6.07) is 2.79. The lowest BCUT2D eigenvalue weighted by molar-refractivity contribution is -0.380. The first-order chi connectivity index (χ1) is 8.00. The molecule has 1 aliphatic rings. The van der Waals surface area contributed by atoms with E-state index in [-0.39, 0.29) is 28.9 Å². The molecule has 0 radical (unpaired) electrons. The predicted octanol–water partition coefficient (Wildman–Crippen LogP) is 1.69. The Kier molecular flexibility index (Phi) is 4.66. The molecule has 100 valence electrons. The maximum atomic E-state index is 11.7. The number of hydrogen-bond acceptors (Lipinski definition) is 5. The van der Waals surface area contributed by atoms with Crippen molar-refractivity contribution < 1.29 is 9.72 Å². The van der Waals surface area contributed by atoms with Gasteiger partial charge < -0.3 is 11.1 Å². The zero-order valence-corrected chi connectivity index (χ0v) is 11.2. The Morgan fingerprint density at radius 1 is 1.56 bits per heavy atom. The average molecular weight is 292 g/mol. The average Bonchev–Trinajstić information content (AvgIpc) is 2.72. The third-order valence-corrected chi connectivity index (χ3v) is 3.98. The number of halogens is 1. The lowest BCUT2D eigenvalue weighted by atomic mass is 9.78. The van der Waals surface area contributed by atoms with Gasteiger partial charge >= 0.3 is 5.00 Å². The summed E-state index contributed by atoms with van der Waals surface area (Å²) in [5.41, 5.74) is 5.68. The monoisotopic (exact) mass is 291 g/mol. The molecule has 0 saturated heterocycles. The summed E-state index contributed by atoms with van der Waals surface area (Å²) in [6.07, 6.45) is 2.92. The normalized spacial score (nSPS) is 16.3. The van der Waals surface area contributed by atoms with Crippen LogP contribution < -0.4 is 11.1 Å². The number of nitrogens with two attached hydrogens (primary N) is 1. The SMILES string of the molecule is Cl.NC1(CNC(=O)c2ccc([N+](=O)[O-])s2)CCC1. The maximum absolute atomic E-state index is 11.7. The van der Waals surface area contributed by atoms with Gasteiger partial charge in [-0.15, -0.1) is 12.4 Å². The summed E-state index contributed by atoms with van der Waals surface area (Å²) < 4.78 is 0. The zero-order valence-electron chi connectivity index (χ0n) is 9.55. The van der Waals surface area contributed by atoms with Gasteiger partial charge in [-0.25, -0.2) is 0 Å². The third-order valence-electron chi connectivity index (χ3n) is 2.95. The fraction of sp³-hybridized carbons (Fsp3) is 0.500. The first-order valence-electron chi connectivity index (χ1n) is 5.31. The molecule has 1 saturated carbocycles. The van der Waals surface area contributed by atoms with Crippen molar-refractivity contribution in [1.29, 1.82) is 0 Å². The molecule has 18 heavy (non-hydrogen) atoms. The molecule has 0 aliphatic heterocycles. The van der Waals surface area contributed by atoms with Crippen molar-refractivity contribution in [3.8, 4) is 0 Å². The molecule has 1 amide bonds. The molecule has 0 spiro atoms. The van der Waals surface area contributed by atoms with E-state index in [9.17, 15) is 14.9 Å². The van der Waals surface area contributed by atoms with Crippen LogP contribution in [-0.4, -0.2) is 22.9 Å². The highest BCUT2D eigenvalue weighted by Gasteiger charge is 2.32. The molecule has 0 unspecified atom stereocenters. The zero-order chi connectivity index (χ0) is 12.5. The molecule has 1 aromatic heterocycles. The Morgan fingerprint density at radius 2 is 2.22 bits per heavy atom. The van der Waals surface area contributed by atoms with Gasteiger partial charge in [0.25, 0.3) is 5.91 Å². The van der Waals surface area contributed by atoms with Crippen molar-refractivity contribution in [2.24, 2.45) is 5.73 Å². The Labute approximate surface area is 114 Å². The van der Waals surface area contributed by atoms with Crippen LogP contribution in [0.2, 0.25) is 0 Å². The van der Waals surface area contributed by atoms with Crippen LogP contribution in [0.4, 0.5) is 5.00 Å². The minimum absolute atomic E-state index is 0. The highest BCUT2D eigenvalue weighted by molar-refractivity contribution is 7.17. The summed E-state index contributed by atoms with van der Waals surface area (Å²) in [7, 11) is 0.